The fourth-order valence-corrected chi connectivity index (χ4v) is 4.63. The first-order valence-electron chi connectivity index (χ1n) is 10.5. The van der Waals surface area contributed by atoms with Crippen LogP contribution in [0.1, 0.15) is 31.4 Å². The standard InChI is InChI=1S/C24H32N2O2/c1-18(2)28-24-10-8-20(9-11-24)14-25-16-22-13-23(27)17-26(22)15-21(25)12-19-6-4-3-5-7-19/h3-11,18,21-23,27H,12-17H2,1-2H3/t21-,22+,23-/m1/s1. The van der Waals surface area contributed by atoms with Gasteiger partial charge in [-0.05, 0) is 49.9 Å². The predicted molar refractivity (Wildman–Crippen MR) is 113 cm³/mol. The van der Waals surface area contributed by atoms with Gasteiger partial charge in [-0.3, -0.25) is 9.80 Å². The zero-order valence-electron chi connectivity index (χ0n) is 17.0. The second-order valence-corrected chi connectivity index (χ2v) is 8.58. The molecule has 2 saturated heterocycles. The van der Waals surface area contributed by atoms with Crippen molar-refractivity contribution < 1.29 is 9.84 Å². The Morgan fingerprint density at radius 3 is 2.43 bits per heavy atom. The summed E-state index contributed by atoms with van der Waals surface area (Å²) in [5, 5.41) is 10.1. The maximum Gasteiger partial charge on any atom is 0.119 e. The van der Waals surface area contributed by atoms with Crippen LogP contribution in [-0.2, 0) is 13.0 Å². The molecule has 150 valence electrons. The molecule has 2 aromatic carbocycles. The van der Waals surface area contributed by atoms with Crippen molar-refractivity contribution in [2.75, 3.05) is 19.6 Å². The minimum absolute atomic E-state index is 0.171. The van der Waals surface area contributed by atoms with Crippen LogP contribution in [0.4, 0.5) is 0 Å². The van der Waals surface area contributed by atoms with Crippen LogP contribution in [0.25, 0.3) is 0 Å². The molecule has 2 aromatic rings. The van der Waals surface area contributed by atoms with Gasteiger partial charge in [0.25, 0.3) is 0 Å². The molecule has 28 heavy (non-hydrogen) atoms. The Morgan fingerprint density at radius 1 is 0.964 bits per heavy atom. The highest BCUT2D eigenvalue weighted by Gasteiger charge is 2.39. The van der Waals surface area contributed by atoms with Crippen molar-refractivity contribution in [2.45, 2.75) is 57.5 Å². The van der Waals surface area contributed by atoms with E-state index in [4.69, 9.17) is 4.74 Å². The Balaban J connectivity index is 1.48. The molecule has 0 spiro atoms. The van der Waals surface area contributed by atoms with Crippen LogP contribution >= 0.6 is 0 Å². The van der Waals surface area contributed by atoms with Crippen molar-refractivity contribution in [3.63, 3.8) is 0 Å². The average Bonchev–Trinajstić information content (AvgIpc) is 3.03. The van der Waals surface area contributed by atoms with Crippen molar-refractivity contribution >= 4 is 0 Å². The van der Waals surface area contributed by atoms with E-state index in [1.807, 2.05) is 0 Å². The molecule has 0 aromatic heterocycles. The maximum atomic E-state index is 10.1. The van der Waals surface area contributed by atoms with E-state index in [-0.39, 0.29) is 12.2 Å². The highest BCUT2D eigenvalue weighted by molar-refractivity contribution is 5.27. The SMILES string of the molecule is CC(C)Oc1ccc(CN2C[C@@H]3C[C@@H](O)CN3C[C@H]2Cc2ccccc2)cc1. The van der Waals surface area contributed by atoms with Crippen LogP contribution in [-0.4, -0.2) is 58.8 Å². The topological polar surface area (TPSA) is 35.9 Å². The molecule has 0 amide bonds. The summed E-state index contributed by atoms with van der Waals surface area (Å²) < 4.78 is 5.78. The minimum Gasteiger partial charge on any atom is -0.491 e. The molecule has 3 atom stereocenters. The third-order valence-electron chi connectivity index (χ3n) is 5.91. The summed E-state index contributed by atoms with van der Waals surface area (Å²) in [7, 11) is 0. The number of hydrogen-bond acceptors (Lipinski definition) is 4. The minimum atomic E-state index is -0.171. The van der Waals surface area contributed by atoms with Crippen LogP contribution in [0.2, 0.25) is 0 Å². The third kappa shape index (κ3) is 4.75. The summed E-state index contributed by atoms with van der Waals surface area (Å²) in [5.74, 6) is 0.934. The Hall–Kier alpha value is -1.88. The second-order valence-electron chi connectivity index (χ2n) is 8.58. The molecule has 0 aliphatic carbocycles. The predicted octanol–water partition coefficient (Wildman–Crippen LogP) is 3.34. The molecule has 2 fully saturated rings. The van der Waals surface area contributed by atoms with Gasteiger partial charge in [0, 0.05) is 38.3 Å². The number of piperazine rings is 1. The fourth-order valence-electron chi connectivity index (χ4n) is 4.63. The van der Waals surface area contributed by atoms with Gasteiger partial charge in [-0.1, -0.05) is 42.5 Å². The Morgan fingerprint density at radius 2 is 1.71 bits per heavy atom. The van der Waals surface area contributed by atoms with Gasteiger partial charge in [0.1, 0.15) is 5.75 Å². The van der Waals surface area contributed by atoms with Gasteiger partial charge < -0.3 is 9.84 Å². The van der Waals surface area contributed by atoms with Crippen molar-refractivity contribution in [1.29, 1.82) is 0 Å². The number of rotatable bonds is 6. The molecule has 2 aliphatic rings. The first kappa shape index (κ1) is 19.4. The van der Waals surface area contributed by atoms with E-state index in [0.717, 1.165) is 44.8 Å². The van der Waals surface area contributed by atoms with Gasteiger partial charge >= 0.3 is 0 Å². The molecule has 1 N–H and O–H groups in total. The summed E-state index contributed by atoms with van der Waals surface area (Å²) in [6.45, 7) is 7.93. The van der Waals surface area contributed by atoms with Gasteiger partial charge in [-0.25, -0.2) is 0 Å². The number of benzene rings is 2. The molecule has 4 nitrogen and oxygen atoms in total. The average molecular weight is 381 g/mol. The van der Waals surface area contributed by atoms with E-state index in [0.29, 0.717) is 12.1 Å². The summed E-state index contributed by atoms with van der Waals surface area (Å²) in [6, 6.07) is 20.3. The van der Waals surface area contributed by atoms with Crippen LogP contribution in [0, 0.1) is 0 Å². The lowest BCUT2D eigenvalue weighted by atomic mass is 9.99. The van der Waals surface area contributed by atoms with Gasteiger partial charge in [0.05, 0.1) is 12.2 Å². The quantitative estimate of drug-likeness (QED) is 0.834. The highest BCUT2D eigenvalue weighted by Crippen LogP contribution is 2.28. The first-order chi connectivity index (χ1) is 13.6. The lowest BCUT2D eigenvalue weighted by Gasteiger charge is -2.44. The van der Waals surface area contributed by atoms with Crippen molar-refractivity contribution in [1.82, 2.24) is 9.80 Å². The molecule has 0 bridgehead atoms. The van der Waals surface area contributed by atoms with E-state index in [1.165, 1.54) is 11.1 Å². The lowest BCUT2D eigenvalue weighted by molar-refractivity contribution is 0.0445. The van der Waals surface area contributed by atoms with E-state index >= 15 is 0 Å². The number of nitrogens with zero attached hydrogens (tertiary/aromatic N) is 2. The Bertz CT molecular complexity index is 747. The summed E-state index contributed by atoms with van der Waals surface area (Å²) in [6.07, 6.45) is 1.97. The van der Waals surface area contributed by atoms with E-state index in [1.54, 1.807) is 0 Å². The molecule has 4 heteroatoms. The molecule has 0 unspecified atom stereocenters. The van der Waals surface area contributed by atoms with E-state index in [2.05, 4.69) is 78.2 Å². The number of ether oxygens (including phenoxy) is 1. The fraction of sp³-hybridized carbons (Fsp3) is 0.500. The van der Waals surface area contributed by atoms with Gasteiger partial charge in [-0.15, -0.1) is 0 Å². The van der Waals surface area contributed by atoms with E-state index in [9.17, 15) is 5.11 Å². The third-order valence-corrected chi connectivity index (χ3v) is 5.91. The summed E-state index contributed by atoms with van der Waals surface area (Å²) in [4.78, 5) is 5.11. The molecular formula is C24H32N2O2. The number of aliphatic hydroxyl groups is 1. The molecule has 2 aliphatic heterocycles. The van der Waals surface area contributed by atoms with Crippen LogP contribution in [0.5, 0.6) is 5.75 Å². The van der Waals surface area contributed by atoms with Crippen LogP contribution in [0.3, 0.4) is 0 Å². The van der Waals surface area contributed by atoms with Gasteiger partial charge in [0.15, 0.2) is 0 Å². The molecular weight excluding hydrogens is 348 g/mol. The van der Waals surface area contributed by atoms with Gasteiger partial charge in [0.2, 0.25) is 0 Å². The molecule has 0 saturated carbocycles. The zero-order valence-corrected chi connectivity index (χ0v) is 17.0. The van der Waals surface area contributed by atoms with Crippen molar-refractivity contribution in [2.24, 2.45) is 0 Å². The maximum absolute atomic E-state index is 10.1. The van der Waals surface area contributed by atoms with Gasteiger partial charge in [-0.2, -0.15) is 0 Å². The van der Waals surface area contributed by atoms with E-state index < -0.39 is 0 Å². The largest absolute Gasteiger partial charge is 0.491 e. The molecule has 4 rings (SSSR count). The smallest absolute Gasteiger partial charge is 0.119 e. The zero-order chi connectivity index (χ0) is 19.5. The molecule has 0 radical (unpaired) electrons. The Labute approximate surface area is 168 Å². The summed E-state index contributed by atoms with van der Waals surface area (Å²) in [5.41, 5.74) is 2.71. The lowest BCUT2D eigenvalue weighted by Crippen LogP contribution is -2.56. The van der Waals surface area contributed by atoms with Crippen LogP contribution in [0.15, 0.2) is 54.6 Å². The summed E-state index contributed by atoms with van der Waals surface area (Å²) >= 11 is 0. The van der Waals surface area contributed by atoms with Crippen LogP contribution < -0.4 is 4.74 Å². The second kappa shape index (κ2) is 8.64. The highest BCUT2D eigenvalue weighted by atomic mass is 16.5. The first-order valence-corrected chi connectivity index (χ1v) is 10.5. The van der Waals surface area contributed by atoms with Crippen molar-refractivity contribution in [3.8, 4) is 5.75 Å². The normalized spacial score (nSPS) is 25.8. The number of aliphatic hydroxyl groups excluding tert-OH is 1. The van der Waals surface area contributed by atoms with Crippen molar-refractivity contribution in [3.05, 3.63) is 65.7 Å². The Kier molecular flexibility index (Phi) is 6.00. The monoisotopic (exact) mass is 380 g/mol. The number of fused-ring (bicyclic) bond motifs is 1. The molecule has 2 heterocycles. The number of hydrogen-bond donors (Lipinski definition) is 1.